The first-order valence-electron chi connectivity index (χ1n) is 42.1. The van der Waals surface area contributed by atoms with Crippen molar-refractivity contribution in [1.29, 1.82) is 0 Å². The van der Waals surface area contributed by atoms with E-state index in [-0.39, 0.29) is 32.8 Å². The standard InChI is InChI=1S/2C46H58O4S8/c1-5-7-9-11-13-15-17-19-29-57(47,48)43-31-41(39-27-25-37(53-39)35-23-21-33(3)51-35)55-45(43)46-44(58(49,50)30-20-18-16-14-12-10-8-6-2)32-42(56-46)40-28-26-38(54-40)36-24-22-34(4)52-36;1-5-7-9-11-13-15-17-19-29-57(47,48)43-31-41(39-26-25-37(53-39)35-23-21-33(3)51-35)55-46(43)42-32-44(58(49,50)30-20-18-16-14-12-10-8-6-2)45(56-42)40-28-27-38(54-40)36-24-22-34(4)52-36/h2*21-28,31-32H,5-20,29-30H2,1-4H3. The second-order valence-electron chi connectivity index (χ2n) is 30.7. The summed E-state index contributed by atoms with van der Waals surface area (Å²) in [7, 11) is -14.7. The van der Waals surface area contributed by atoms with Crippen molar-refractivity contribution in [2.45, 2.75) is 280 Å². The van der Waals surface area contributed by atoms with E-state index in [0.717, 1.165) is 131 Å². The van der Waals surface area contributed by atoms with Gasteiger partial charge in [0.1, 0.15) is 0 Å². The second kappa shape index (κ2) is 45.5. The highest BCUT2D eigenvalue weighted by Crippen LogP contribution is 2.54. The minimum absolute atomic E-state index is 0.0579. The maximum absolute atomic E-state index is 14.5. The summed E-state index contributed by atoms with van der Waals surface area (Å²) >= 11 is 19.4. The molecular formula is C92H116O8S16. The summed E-state index contributed by atoms with van der Waals surface area (Å²) < 4.78 is 115. The second-order valence-corrected chi connectivity index (χ2v) is 52.7. The number of thiophene rings is 12. The molecule has 0 atom stereocenters. The fourth-order valence-electron chi connectivity index (χ4n) is 14.4. The van der Waals surface area contributed by atoms with Crippen molar-refractivity contribution >= 4 is 175 Å². The predicted octanol–water partition coefficient (Wildman–Crippen LogP) is 33.7. The fraction of sp³-hybridized carbons (Fsp3) is 0.478. The molecule has 0 saturated heterocycles. The van der Waals surface area contributed by atoms with Gasteiger partial charge in [-0.2, -0.15) is 0 Å². The summed E-state index contributed by atoms with van der Waals surface area (Å²) in [5, 5.41) is 0. The minimum Gasteiger partial charge on any atom is -0.224 e. The highest BCUT2D eigenvalue weighted by Gasteiger charge is 2.34. The van der Waals surface area contributed by atoms with Gasteiger partial charge >= 0.3 is 0 Å². The molecule has 24 heteroatoms. The monoisotopic (exact) mass is 1860 g/mol. The highest BCUT2D eigenvalue weighted by atomic mass is 32.2. The molecule has 0 aromatic carbocycles. The van der Waals surface area contributed by atoms with Crippen LogP contribution in [0.3, 0.4) is 0 Å². The topological polar surface area (TPSA) is 137 Å². The maximum atomic E-state index is 14.5. The van der Waals surface area contributed by atoms with Crippen LogP contribution in [0.2, 0.25) is 0 Å². The molecule has 0 bridgehead atoms. The molecule has 116 heavy (non-hydrogen) atoms. The lowest BCUT2D eigenvalue weighted by Crippen LogP contribution is -2.09. The quantitative estimate of drug-likeness (QED) is 0.0344. The number of hydrogen-bond donors (Lipinski definition) is 0. The number of aryl methyl sites for hydroxylation is 4. The van der Waals surface area contributed by atoms with E-state index in [0.29, 0.717) is 59.9 Å². The Morgan fingerprint density at radius 1 is 0.181 bits per heavy atom. The van der Waals surface area contributed by atoms with Gasteiger partial charge in [0.25, 0.3) is 0 Å². The zero-order valence-corrected chi connectivity index (χ0v) is 81.9. The molecule has 0 amide bonds. The van der Waals surface area contributed by atoms with Gasteiger partial charge in [0.05, 0.1) is 62.1 Å². The van der Waals surface area contributed by atoms with E-state index in [1.54, 1.807) is 96.8 Å². The summed E-state index contributed by atoms with van der Waals surface area (Å²) in [4.78, 5) is 25.3. The Hall–Kier alpha value is -3.80. The van der Waals surface area contributed by atoms with Crippen molar-refractivity contribution in [3.05, 3.63) is 141 Å². The first kappa shape index (κ1) is 92.9. The van der Waals surface area contributed by atoms with Gasteiger partial charge in [-0.05, 0) is 175 Å². The maximum Gasteiger partial charge on any atom is 0.179 e. The van der Waals surface area contributed by atoms with Crippen molar-refractivity contribution in [2.75, 3.05) is 23.0 Å². The van der Waals surface area contributed by atoms with Gasteiger partial charge < -0.3 is 0 Å². The van der Waals surface area contributed by atoms with E-state index < -0.39 is 39.3 Å². The first-order chi connectivity index (χ1) is 56.0. The van der Waals surface area contributed by atoms with Crippen LogP contribution in [-0.4, -0.2) is 56.7 Å². The first-order valence-corrected chi connectivity index (χ1v) is 58.5. The fourth-order valence-corrected chi connectivity index (χ4v) is 35.6. The molecule has 628 valence electrons. The van der Waals surface area contributed by atoms with E-state index in [1.807, 2.05) is 24.3 Å². The summed E-state index contributed by atoms with van der Waals surface area (Å²) in [5.74, 6) is 0.295. The minimum atomic E-state index is -3.72. The third-order valence-corrected chi connectivity index (χ3v) is 43.5. The van der Waals surface area contributed by atoms with Crippen LogP contribution in [0.25, 0.3) is 97.5 Å². The van der Waals surface area contributed by atoms with Crippen LogP contribution in [0.5, 0.6) is 0 Å². The van der Waals surface area contributed by atoms with Crippen molar-refractivity contribution in [1.82, 2.24) is 0 Å². The Morgan fingerprint density at radius 3 is 0.603 bits per heavy atom. The van der Waals surface area contributed by atoms with Gasteiger partial charge in [0.2, 0.25) is 0 Å². The Kier molecular flexibility index (Phi) is 36.5. The van der Waals surface area contributed by atoms with Gasteiger partial charge in [-0.3, -0.25) is 0 Å². The smallest absolute Gasteiger partial charge is 0.179 e. The zero-order chi connectivity index (χ0) is 82.2. The molecular weight excluding hydrogens is 1750 g/mol. The van der Waals surface area contributed by atoms with Gasteiger partial charge in [-0.15, -0.1) is 136 Å². The molecule has 0 unspecified atom stereocenters. The molecule has 0 aliphatic carbocycles. The molecule has 12 aromatic heterocycles. The molecule has 8 nitrogen and oxygen atoms in total. The molecule has 12 aromatic rings. The summed E-state index contributed by atoms with van der Waals surface area (Å²) in [6.07, 6.45) is 34.3. The van der Waals surface area contributed by atoms with Crippen molar-refractivity contribution in [2.24, 2.45) is 0 Å². The lowest BCUT2D eigenvalue weighted by molar-refractivity contribution is 0.572. The normalized spacial score (nSPS) is 12.3. The van der Waals surface area contributed by atoms with Crippen LogP contribution in [0.4, 0.5) is 0 Å². The molecule has 0 radical (unpaired) electrons. The van der Waals surface area contributed by atoms with Crippen LogP contribution in [0.15, 0.2) is 141 Å². The van der Waals surface area contributed by atoms with E-state index in [2.05, 4.69) is 146 Å². The third kappa shape index (κ3) is 26.1. The Morgan fingerprint density at radius 2 is 0.353 bits per heavy atom. The number of unbranched alkanes of at least 4 members (excludes halogenated alkanes) is 28. The van der Waals surface area contributed by atoms with Crippen LogP contribution >= 0.6 is 136 Å². The lowest BCUT2D eigenvalue weighted by atomic mass is 10.1. The average molecular weight is 1860 g/mol. The van der Waals surface area contributed by atoms with E-state index in [4.69, 9.17) is 0 Å². The van der Waals surface area contributed by atoms with Gasteiger partial charge in [-0.25, -0.2) is 33.7 Å². The predicted molar refractivity (Wildman–Crippen MR) is 519 cm³/mol. The molecule has 0 N–H and O–H groups in total. The number of rotatable bonds is 50. The van der Waals surface area contributed by atoms with E-state index >= 15 is 0 Å². The van der Waals surface area contributed by atoms with Gasteiger partial charge in [0, 0.05) is 97.5 Å². The number of hydrogen-bond acceptors (Lipinski definition) is 20. The summed E-state index contributed by atoms with van der Waals surface area (Å²) in [6.45, 7) is 17.3. The molecule has 12 heterocycles. The third-order valence-electron chi connectivity index (χ3n) is 20.9. The zero-order valence-electron chi connectivity index (χ0n) is 68.8. The molecule has 0 spiro atoms. The van der Waals surface area contributed by atoms with E-state index in [1.165, 1.54) is 187 Å². The Balaban J connectivity index is 0.000000228. The van der Waals surface area contributed by atoms with Crippen LogP contribution in [0.1, 0.15) is 253 Å². The van der Waals surface area contributed by atoms with Crippen LogP contribution < -0.4 is 0 Å². The summed E-state index contributed by atoms with van der Waals surface area (Å²) in [5.41, 5.74) is 0. The molecule has 0 aliphatic heterocycles. The molecule has 0 fully saturated rings. The van der Waals surface area contributed by atoms with Gasteiger partial charge in [0.15, 0.2) is 39.3 Å². The van der Waals surface area contributed by atoms with Gasteiger partial charge in [-0.1, -0.05) is 207 Å². The largest absolute Gasteiger partial charge is 0.224 e. The van der Waals surface area contributed by atoms with Crippen molar-refractivity contribution < 1.29 is 33.7 Å². The van der Waals surface area contributed by atoms with E-state index in [9.17, 15) is 33.7 Å². The highest BCUT2D eigenvalue weighted by molar-refractivity contribution is 7.93. The Labute approximate surface area is 742 Å². The SMILES string of the molecule is CCCCCCCCCCS(=O)(=O)c1cc(-c2ccc(-c3ccc(C)s3)s2)sc1-c1cc(S(=O)(=O)CCCCCCCCCC)c(-c2ccc(-c3ccc(C)s3)s2)s1.CCCCCCCCCCS(=O)(=O)c1cc(-c2ccc(-c3ccc(C)s3)s2)sc1-c1sc(-c2ccc(-c3ccc(C)s3)s2)cc1S(=O)(=O)CCCCCCCCCC. The van der Waals surface area contributed by atoms with Crippen molar-refractivity contribution in [3.8, 4) is 97.5 Å². The van der Waals surface area contributed by atoms with Crippen LogP contribution in [-0.2, 0) is 39.3 Å². The summed E-state index contributed by atoms with van der Waals surface area (Å²) in [6, 6.07) is 41.1. The molecule has 0 aliphatic rings. The molecule has 0 saturated carbocycles. The average Bonchev–Trinajstić information content (AvgIpc) is 1.60. The van der Waals surface area contributed by atoms with Crippen LogP contribution in [0, 0.1) is 27.7 Å². The van der Waals surface area contributed by atoms with Crippen molar-refractivity contribution in [3.63, 3.8) is 0 Å². The molecule has 12 rings (SSSR count). The number of sulfone groups is 4. The lowest BCUT2D eigenvalue weighted by Gasteiger charge is -2.08. The Bertz CT molecular complexity index is 5330.